The van der Waals surface area contributed by atoms with E-state index in [1.807, 2.05) is 0 Å². The molecular formula is C26H32N4O8. The first-order valence-electron chi connectivity index (χ1n) is 12.1. The van der Waals surface area contributed by atoms with Gasteiger partial charge >= 0.3 is 0 Å². The largest absolute Gasteiger partial charge is 0.510 e. The number of carbonyl (C=O) groups is 4. The smallest absolute Gasteiger partial charge is 0.255 e. The number of allylic oxidation sites excluding steroid dienone is 1. The molecule has 4 atom stereocenters. The number of aliphatic hydroxyl groups is 3. The van der Waals surface area contributed by atoms with Gasteiger partial charge in [0.05, 0.1) is 11.6 Å². The van der Waals surface area contributed by atoms with Gasteiger partial charge in [0, 0.05) is 50.3 Å². The van der Waals surface area contributed by atoms with Crippen molar-refractivity contribution in [2.75, 3.05) is 33.1 Å². The molecule has 0 aliphatic heterocycles. The zero-order chi connectivity index (χ0) is 28.4. The van der Waals surface area contributed by atoms with Crippen LogP contribution in [0.5, 0.6) is 5.75 Å². The van der Waals surface area contributed by atoms with Gasteiger partial charge < -0.3 is 36.4 Å². The molecule has 0 radical (unpaired) electrons. The van der Waals surface area contributed by atoms with Crippen LogP contribution in [0.1, 0.15) is 34.8 Å². The number of ketones is 2. The number of hydrogen-bond donors (Lipinski definition) is 6. The highest BCUT2D eigenvalue weighted by Gasteiger charge is 2.63. The lowest BCUT2D eigenvalue weighted by Crippen LogP contribution is -2.63. The van der Waals surface area contributed by atoms with Gasteiger partial charge in [0.1, 0.15) is 22.8 Å². The van der Waals surface area contributed by atoms with Crippen LogP contribution >= 0.6 is 0 Å². The number of amides is 2. The lowest BCUT2D eigenvalue weighted by Gasteiger charge is -2.50. The molecule has 12 heteroatoms. The molecule has 1 aromatic carbocycles. The van der Waals surface area contributed by atoms with Crippen LogP contribution < -0.4 is 16.0 Å². The summed E-state index contributed by atoms with van der Waals surface area (Å²) >= 11 is 0. The summed E-state index contributed by atoms with van der Waals surface area (Å²) in [6.07, 6.45) is 0.184. The van der Waals surface area contributed by atoms with Crippen LogP contribution in [0.4, 0.5) is 5.69 Å². The zero-order valence-electron chi connectivity index (χ0n) is 21.8. The van der Waals surface area contributed by atoms with E-state index in [-0.39, 0.29) is 47.7 Å². The van der Waals surface area contributed by atoms with Gasteiger partial charge in [0.2, 0.25) is 11.7 Å². The number of anilines is 1. The highest BCUT2D eigenvalue weighted by atomic mass is 16.3. The minimum Gasteiger partial charge on any atom is -0.510 e. The molecule has 3 aliphatic carbocycles. The number of fused-ring (bicyclic) bond motifs is 3. The molecular weight excluding hydrogens is 496 g/mol. The van der Waals surface area contributed by atoms with Gasteiger partial charge in [-0.3, -0.25) is 24.1 Å². The Kier molecular flexibility index (Phi) is 6.53. The van der Waals surface area contributed by atoms with E-state index < -0.39 is 58.0 Å². The van der Waals surface area contributed by atoms with Crippen molar-refractivity contribution in [2.45, 2.75) is 38.0 Å². The number of benzene rings is 1. The number of aromatic hydroxyl groups is 1. The quantitative estimate of drug-likeness (QED) is 0.279. The maximum absolute atomic E-state index is 13.9. The van der Waals surface area contributed by atoms with Gasteiger partial charge in [0.15, 0.2) is 11.4 Å². The number of phenols is 1. The minimum atomic E-state index is -2.70. The Balaban J connectivity index is 1.96. The van der Waals surface area contributed by atoms with Crippen molar-refractivity contribution >= 4 is 29.1 Å². The molecule has 0 heterocycles. The normalized spacial score (nSPS) is 26.7. The van der Waals surface area contributed by atoms with Gasteiger partial charge in [-0.05, 0) is 44.5 Å². The standard InChI is InChI=1S/C26H32N4O8/c1-10(31)28-9-12-8-15(29(2)3)13-6-11-7-14-19(30(4)5)22(34)18(25(27)37)24(36)26(14,38)23(35)16(11)21(33)17(13)20(12)32/h8,11,14,19,32,34-35,38H,6-7,9H2,1-5H3,(H2,27,37)(H,28,31)/t11-,14-,19-,26-/m0/s1. The second kappa shape index (κ2) is 9.14. The Labute approximate surface area is 219 Å². The number of nitrogens with one attached hydrogen (secondary N) is 1. The molecule has 0 saturated heterocycles. The molecule has 0 fully saturated rings. The summed E-state index contributed by atoms with van der Waals surface area (Å²) in [5.74, 6) is -7.36. The molecule has 204 valence electrons. The minimum absolute atomic E-state index is 0.00698. The van der Waals surface area contributed by atoms with Crippen molar-refractivity contribution in [3.8, 4) is 5.75 Å². The van der Waals surface area contributed by atoms with E-state index in [1.54, 1.807) is 39.2 Å². The molecule has 4 rings (SSSR count). The second-order valence-corrected chi connectivity index (χ2v) is 10.5. The molecule has 0 unspecified atom stereocenters. The van der Waals surface area contributed by atoms with E-state index in [0.29, 0.717) is 11.3 Å². The average molecular weight is 529 g/mol. The van der Waals surface area contributed by atoms with Crippen LogP contribution in [0.15, 0.2) is 28.7 Å². The van der Waals surface area contributed by atoms with E-state index in [4.69, 9.17) is 5.73 Å². The van der Waals surface area contributed by atoms with Crippen molar-refractivity contribution in [3.05, 3.63) is 45.4 Å². The summed E-state index contributed by atoms with van der Waals surface area (Å²) in [6, 6.07) is 0.619. The zero-order valence-corrected chi connectivity index (χ0v) is 21.8. The van der Waals surface area contributed by atoms with Gasteiger partial charge in [-0.2, -0.15) is 0 Å². The van der Waals surface area contributed by atoms with Crippen molar-refractivity contribution in [1.29, 1.82) is 0 Å². The second-order valence-electron chi connectivity index (χ2n) is 10.5. The number of nitrogens with zero attached hydrogens (tertiary/aromatic N) is 2. The number of nitrogens with two attached hydrogens (primary N) is 1. The van der Waals surface area contributed by atoms with Crippen molar-refractivity contribution in [1.82, 2.24) is 10.2 Å². The van der Waals surface area contributed by atoms with Crippen LogP contribution in [-0.2, 0) is 27.3 Å². The Bertz CT molecular complexity index is 1340. The molecule has 1 aromatic rings. The Morgan fingerprint density at radius 2 is 1.79 bits per heavy atom. The third kappa shape index (κ3) is 3.74. The Morgan fingerprint density at radius 1 is 1.16 bits per heavy atom. The topological polar surface area (TPSA) is 194 Å². The number of rotatable bonds is 5. The van der Waals surface area contributed by atoms with Crippen LogP contribution in [-0.4, -0.2) is 88.5 Å². The summed E-state index contributed by atoms with van der Waals surface area (Å²) in [6.45, 7) is 1.26. The van der Waals surface area contributed by atoms with Crippen LogP contribution in [0.3, 0.4) is 0 Å². The van der Waals surface area contributed by atoms with Gasteiger partial charge in [-0.15, -0.1) is 0 Å². The molecule has 3 aliphatic rings. The first-order chi connectivity index (χ1) is 17.6. The number of phenolic OH excluding ortho intramolecular Hbond substituents is 1. The number of hydrogen-bond acceptors (Lipinski definition) is 10. The average Bonchev–Trinajstić information content (AvgIpc) is 2.80. The van der Waals surface area contributed by atoms with E-state index in [9.17, 15) is 39.6 Å². The Hall–Kier alpha value is -3.90. The number of carbonyl (C=O) groups excluding carboxylic acids is 4. The lowest BCUT2D eigenvalue weighted by molar-refractivity contribution is -0.148. The monoisotopic (exact) mass is 528 g/mol. The fourth-order valence-electron chi connectivity index (χ4n) is 6.11. The third-order valence-corrected chi connectivity index (χ3v) is 7.79. The highest BCUT2D eigenvalue weighted by molar-refractivity contribution is 6.25. The molecule has 0 spiro atoms. The van der Waals surface area contributed by atoms with Gasteiger partial charge in [0.25, 0.3) is 5.91 Å². The SMILES string of the molecule is CC(=O)NCc1cc(N(C)C)c2c(c1O)C(=O)C1=C(O)[C@]3(O)C(=O)C(C(N)=O)=C(O)[C@@H](N(C)C)[C@@H]3C[C@@H]1C2. The predicted molar refractivity (Wildman–Crippen MR) is 136 cm³/mol. The number of Topliss-reactive ketones (excluding diaryl/α,β-unsaturated/α-hetero) is 2. The van der Waals surface area contributed by atoms with Gasteiger partial charge in [-0.25, -0.2) is 0 Å². The summed E-state index contributed by atoms with van der Waals surface area (Å²) in [5, 5.41) is 47.6. The predicted octanol–water partition coefficient (Wildman–Crippen LogP) is -0.177. The van der Waals surface area contributed by atoms with E-state index in [1.165, 1.54) is 11.8 Å². The maximum Gasteiger partial charge on any atom is 0.255 e. The van der Waals surface area contributed by atoms with E-state index in [2.05, 4.69) is 5.32 Å². The van der Waals surface area contributed by atoms with Crippen LogP contribution in [0.2, 0.25) is 0 Å². The number of primary amides is 1. The highest BCUT2D eigenvalue weighted by Crippen LogP contribution is 2.53. The molecule has 0 aromatic heterocycles. The molecule has 0 bridgehead atoms. The number of aliphatic hydroxyl groups excluding tert-OH is 2. The first kappa shape index (κ1) is 27.1. The first-order valence-corrected chi connectivity index (χ1v) is 12.1. The summed E-state index contributed by atoms with van der Waals surface area (Å²) < 4.78 is 0. The Morgan fingerprint density at radius 3 is 2.32 bits per heavy atom. The van der Waals surface area contributed by atoms with Gasteiger partial charge in [-0.1, -0.05) is 0 Å². The van der Waals surface area contributed by atoms with Crippen LogP contribution in [0.25, 0.3) is 0 Å². The maximum atomic E-state index is 13.9. The van der Waals surface area contributed by atoms with E-state index >= 15 is 0 Å². The van der Waals surface area contributed by atoms with Crippen molar-refractivity contribution in [3.63, 3.8) is 0 Å². The molecule has 38 heavy (non-hydrogen) atoms. The third-order valence-electron chi connectivity index (χ3n) is 7.79. The lowest BCUT2D eigenvalue weighted by atomic mass is 9.58. The van der Waals surface area contributed by atoms with Crippen molar-refractivity contribution in [2.24, 2.45) is 17.6 Å². The fraction of sp³-hybridized carbons (Fsp3) is 0.462. The fourth-order valence-corrected chi connectivity index (χ4v) is 6.11. The molecule has 7 N–H and O–H groups in total. The van der Waals surface area contributed by atoms with Crippen molar-refractivity contribution < 1.29 is 39.6 Å². The summed E-state index contributed by atoms with van der Waals surface area (Å²) in [4.78, 5) is 54.1. The molecule has 0 saturated carbocycles. The molecule has 12 nitrogen and oxygen atoms in total. The summed E-state index contributed by atoms with van der Waals surface area (Å²) in [5.41, 5.74) is 2.87. The number of likely N-dealkylation sites (N-methyl/N-ethyl adjacent to an activating group) is 1. The van der Waals surface area contributed by atoms with E-state index in [0.717, 1.165) is 0 Å². The molecule has 2 amide bonds. The summed E-state index contributed by atoms with van der Waals surface area (Å²) in [7, 11) is 6.67. The van der Waals surface area contributed by atoms with Crippen LogP contribution in [0, 0.1) is 11.8 Å².